The van der Waals surface area contributed by atoms with Crippen LogP contribution in [-0.4, -0.2) is 45.3 Å². The largest absolute Gasteiger partial charge is 0.444 e. The van der Waals surface area contributed by atoms with E-state index in [0.717, 1.165) is 25.2 Å². The summed E-state index contributed by atoms with van der Waals surface area (Å²) in [5, 5.41) is 3.78. The Morgan fingerprint density at radius 1 is 1.38 bits per heavy atom. The van der Waals surface area contributed by atoms with Crippen molar-refractivity contribution in [2.75, 3.05) is 13.1 Å². The van der Waals surface area contributed by atoms with E-state index in [1.807, 2.05) is 45.1 Å². The molecular formula is C18H30N4O2. The summed E-state index contributed by atoms with van der Waals surface area (Å²) in [6.45, 7) is 7.23. The fourth-order valence-corrected chi connectivity index (χ4v) is 3.39. The number of aryl methyl sites for hydroxylation is 1. The van der Waals surface area contributed by atoms with Crippen LogP contribution in [0.5, 0.6) is 0 Å². The zero-order chi connectivity index (χ0) is 17.3. The average Bonchev–Trinajstić information content (AvgIpc) is 3.25. The number of ether oxygens (including phenoxy) is 1. The van der Waals surface area contributed by atoms with Gasteiger partial charge in [0.15, 0.2) is 0 Å². The van der Waals surface area contributed by atoms with E-state index in [9.17, 15) is 4.79 Å². The van der Waals surface area contributed by atoms with Gasteiger partial charge < -0.3 is 19.5 Å². The number of amides is 1. The molecule has 134 valence electrons. The van der Waals surface area contributed by atoms with E-state index in [-0.39, 0.29) is 12.1 Å². The van der Waals surface area contributed by atoms with Crippen molar-refractivity contribution in [1.29, 1.82) is 0 Å². The summed E-state index contributed by atoms with van der Waals surface area (Å²) in [5.41, 5.74) is -0.443. The Kier molecular flexibility index (Phi) is 4.85. The number of imidazole rings is 1. The number of rotatable bonds is 4. The molecule has 24 heavy (non-hydrogen) atoms. The Balaban J connectivity index is 1.62. The second-order valence-electron chi connectivity index (χ2n) is 8.14. The van der Waals surface area contributed by atoms with Gasteiger partial charge in [0.25, 0.3) is 0 Å². The molecule has 1 N–H and O–H groups in total. The molecule has 1 aliphatic heterocycles. The lowest BCUT2D eigenvalue weighted by atomic mass is 10.0. The third-order valence-corrected chi connectivity index (χ3v) is 4.72. The first-order valence-corrected chi connectivity index (χ1v) is 9.04. The predicted octanol–water partition coefficient (Wildman–Crippen LogP) is 2.86. The molecule has 1 unspecified atom stereocenters. The van der Waals surface area contributed by atoms with Crippen molar-refractivity contribution in [3.05, 3.63) is 18.2 Å². The van der Waals surface area contributed by atoms with Crippen molar-refractivity contribution in [1.82, 2.24) is 19.8 Å². The lowest BCUT2D eigenvalue weighted by Crippen LogP contribution is -2.50. The minimum absolute atomic E-state index is 0.200. The van der Waals surface area contributed by atoms with Crippen molar-refractivity contribution in [3.63, 3.8) is 0 Å². The zero-order valence-electron chi connectivity index (χ0n) is 15.3. The average molecular weight is 334 g/mol. The zero-order valence-corrected chi connectivity index (χ0v) is 15.3. The van der Waals surface area contributed by atoms with E-state index in [4.69, 9.17) is 4.74 Å². The van der Waals surface area contributed by atoms with Crippen LogP contribution in [0.3, 0.4) is 0 Å². The highest BCUT2D eigenvalue weighted by Gasteiger charge is 2.37. The molecule has 1 saturated heterocycles. The molecular weight excluding hydrogens is 304 g/mol. The van der Waals surface area contributed by atoms with Crippen LogP contribution in [0.25, 0.3) is 0 Å². The van der Waals surface area contributed by atoms with Crippen LogP contribution in [0, 0.1) is 5.92 Å². The Bertz CT molecular complexity index is 574. The molecule has 2 aliphatic rings. The lowest BCUT2D eigenvalue weighted by Gasteiger charge is -2.36. The highest BCUT2D eigenvalue weighted by atomic mass is 16.6. The quantitative estimate of drug-likeness (QED) is 0.920. The summed E-state index contributed by atoms with van der Waals surface area (Å²) in [5.74, 6) is 1.77. The number of nitrogens with one attached hydrogen (secondary N) is 1. The van der Waals surface area contributed by atoms with E-state index < -0.39 is 5.60 Å². The molecule has 0 aromatic carbocycles. The van der Waals surface area contributed by atoms with Crippen LogP contribution in [0.1, 0.15) is 58.3 Å². The number of nitrogens with zero attached hydrogens (tertiary/aromatic N) is 3. The van der Waals surface area contributed by atoms with Crippen LogP contribution in [0.4, 0.5) is 4.79 Å². The maximum atomic E-state index is 12.3. The smallest absolute Gasteiger partial charge is 0.410 e. The van der Waals surface area contributed by atoms with Crippen LogP contribution in [0.15, 0.2) is 12.4 Å². The second-order valence-corrected chi connectivity index (χ2v) is 8.14. The Labute approximate surface area is 144 Å². The molecule has 1 saturated carbocycles. The Morgan fingerprint density at radius 2 is 2.12 bits per heavy atom. The number of carbonyl (C=O) groups excluding carboxylic acids is 1. The van der Waals surface area contributed by atoms with Gasteiger partial charge in [0.05, 0.1) is 6.04 Å². The maximum absolute atomic E-state index is 12.3. The maximum Gasteiger partial charge on any atom is 0.410 e. The fourth-order valence-electron chi connectivity index (χ4n) is 3.39. The summed E-state index contributed by atoms with van der Waals surface area (Å²) in [6, 6.07) is 0.585. The first kappa shape index (κ1) is 17.3. The third-order valence-electron chi connectivity index (χ3n) is 4.72. The number of piperidine rings is 1. The summed E-state index contributed by atoms with van der Waals surface area (Å²) in [6.07, 6.45) is 8.27. The van der Waals surface area contributed by atoms with E-state index in [0.29, 0.717) is 18.5 Å². The standard InChI is InChI=1S/C18H30N4O2/c1-18(2,3)24-17(23)22-10-5-6-14(12-22)20-15(13-7-8-13)16-19-9-11-21(16)4/h9,11,13-15,20H,5-8,10,12H2,1-4H3/t14-,15?/m0/s1. The SMILES string of the molecule is Cn1ccnc1C(N[C@H]1CCCN(C(=O)OC(C)(C)C)C1)C1CC1. The number of carbonyl (C=O) groups is 1. The van der Waals surface area contributed by atoms with Crippen molar-refractivity contribution >= 4 is 6.09 Å². The van der Waals surface area contributed by atoms with E-state index in [1.165, 1.54) is 12.8 Å². The highest BCUT2D eigenvalue weighted by Crippen LogP contribution is 2.41. The molecule has 0 bridgehead atoms. The minimum atomic E-state index is -0.443. The van der Waals surface area contributed by atoms with Crippen LogP contribution in [-0.2, 0) is 11.8 Å². The van der Waals surface area contributed by atoms with Gasteiger partial charge in [-0.15, -0.1) is 0 Å². The summed E-state index contributed by atoms with van der Waals surface area (Å²) < 4.78 is 7.63. The number of hydrogen-bond donors (Lipinski definition) is 1. The molecule has 2 fully saturated rings. The molecule has 2 atom stereocenters. The molecule has 6 heteroatoms. The fraction of sp³-hybridized carbons (Fsp3) is 0.778. The molecule has 1 amide bonds. The van der Waals surface area contributed by atoms with Gasteiger partial charge in [0.2, 0.25) is 0 Å². The van der Waals surface area contributed by atoms with Crippen LogP contribution < -0.4 is 5.32 Å². The third kappa shape index (κ3) is 4.29. The van der Waals surface area contributed by atoms with Gasteiger partial charge in [0.1, 0.15) is 11.4 Å². The first-order chi connectivity index (χ1) is 11.3. The number of aromatic nitrogens is 2. The van der Waals surface area contributed by atoms with Gasteiger partial charge in [-0.2, -0.15) is 0 Å². The molecule has 2 heterocycles. The van der Waals surface area contributed by atoms with Crippen molar-refractivity contribution < 1.29 is 9.53 Å². The van der Waals surface area contributed by atoms with E-state index >= 15 is 0 Å². The van der Waals surface area contributed by atoms with Gasteiger partial charge >= 0.3 is 6.09 Å². The molecule has 1 aliphatic carbocycles. The first-order valence-electron chi connectivity index (χ1n) is 9.04. The van der Waals surface area contributed by atoms with Gasteiger partial charge in [-0.1, -0.05) is 0 Å². The Morgan fingerprint density at radius 3 is 2.71 bits per heavy atom. The predicted molar refractivity (Wildman–Crippen MR) is 92.6 cm³/mol. The van der Waals surface area contributed by atoms with Crippen LogP contribution >= 0.6 is 0 Å². The van der Waals surface area contributed by atoms with Crippen molar-refractivity contribution in [2.45, 2.75) is 64.1 Å². The molecule has 1 aromatic rings. The summed E-state index contributed by atoms with van der Waals surface area (Å²) >= 11 is 0. The number of likely N-dealkylation sites (tertiary alicyclic amines) is 1. The van der Waals surface area contributed by atoms with E-state index in [1.54, 1.807) is 0 Å². The van der Waals surface area contributed by atoms with Gasteiger partial charge in [-0.25, -0.2) is 9.78 Å². The van der Waals surface area contributed by atoms with Crippen molar-refractivity contribution in [3.8, 4) is 0 Å². The number of hydrogen-bond acceptors (Lipinski definition) is 4. The summed E-state index contributed by atoms with van der Waals surface area (Å²) in [7, 11) is 2.05. The minimum Gasteiger partial charge on any atom is -0.444 e. The normalized spacial score (nSPS) is 23.2. The summed E-state index contributed by atoms with van der Waals surface area (Å²) in [4.78, 5) is 18.7. The lowest BCUT2D eigenvalue weighted by molar-refractivity contribution is 0.0181. The van der Waals surface area contributed by atoms with Gasteiger partial charge in [-0.3, -0.25) is 0 Å². The Hall–Kier alpha value is -1.56. The monoisotopic (exact) mass is 334 g/mol. The van der Waals surface area contributed by atoms with Gasteiger partial charge in [-0.05, 0) is 52.4 Å². The molecule has 6 nitrogen and oxygen atoms in total. The highest BCUT2D eigenvalue weighted by molar-refractivity contribution is 5.68. The molecule has 3 rings (SSSR count). The van der Waals surface area contributed by atoms with Gasteiger partial charge in [0, 0.05) is 38.6 Å². The second kappa shape index (κ2) is 6.75. The molecule has 0 radical (unpaired) electrons. The van der Waals surface area contributed by atoms with Crippen LogP contribution in [0.2, 0.25) is 0 Å². The topological polar surface area (TPSA) is 59.4 Å². The molecule has 1 aromatic heterocycles. The van der Waals surface area contributed by atoms with Crippen molar-refractivity contribution in [2.24, 2.45) is 13.0 Å². The molecule has 0 spiro atoms. The van der Waals surface area contributed by atoms with E-state index in [2.05, 4.69) is 14.9 Å².